The monoisotopic (exact) mass is 375 g/mol. The van der Waals surface area contributed by atoms with E-state index >= 15 is 0 Å². The molecule has 2 aromatic rings. The number of hydrogen-bond acceptors (Lipinski definition) is 3. The molecule has 0 saturated carbocycles. The summed E-state index contributed by atoms with van der Waals surface area (Å²) in [5, 5.41) is -0.893. The second-order valence-electron chi connectivity index (χ2n) is 6.53. The number of rotatable bonds is 4. The van der Waals surface area contributed by atoms with Gasteiger partial charge in [-0.2, -0.15) is 0 Å². The van der Waals surface area contributed by atoms with Crippen LogP contribution in [0.15, 0.2) is 54.6 Å². The van der Waals surface area contributed by atoms with Gasteiger partial charge in [0.05, 0.1) is 11.0 Å². The molecule has 0 spiro atoms. The molecule has 138 valence electrons. The lowest BCUT2D eigenvalue weighted by Crippen LogP contribution is -2.33. The lowest BCUT2D eigenvalue weighted by molar-refractivity contribution is -0.130. The van der Waals surface area contributed by atoms with Gasteiger partial charge >= 0.3 is 0 Å². The molecule has 2 aromatic carbocycles. The van der Waals surface area contributed by atoms with Gasteiger partial charge in [-0.25, -0.2) is 12.8 Å². The number of hydrogen-bond donors (Lipinski definition) is 0. The molecule has 1 atom stereocenters. The van der Waals surface area contributed by atoms with Crippen LogP contribution in [-0.2, 0) is 21.1 Å². The van der Waals surface area contributed by atoms with Crippen LogP contribution in [0.25, 0.3) is 0 Å². The summed E-state index contributed by atoms with van der Waals surface area (Å²) in [5.41, 5.74) is 1.28. The van der Waals surface area contributed by atoms with Gasteiger partial charge in [-0.1, -0.05) is 48.5 Å². The van der Waals surface area contributed by atoms with Crippen molar-refractivity contribution in [2.75, 3.05) is 18.8 Å². The van der Waals surface area contributed by atoms with Crippen LogP contribution in [0.4, 0.5) is 4.39 Å². The highest BCUT2D eigenvalue weighted by molar-refractivity contribution is 7.91. The molecule has 3 rings (SSSR count). The van der Waals surface area contributed by atoms with E-state index in [9.17, 15) is 17.6 Å². The lowest BCUT2D eigenvalue weighted by atomic mass is 10.1. The van der Waals surface area contributed by atoms with Gasteiger partial charge in [0.15, 0.2) is 9.84 Å². The molecule has 1 fully saturated rings. The van der Waals surface area contributed by atoms with Gasteiger partial charge in [0.25, 0.3) is 0 Å². The highest BCUT2D eigenvalue weighted by Gasteiger charge is 2.33. The van der Waals surface area contributed by atoms with E-state index in [0.717, 1.165) is 5.56 Å². The van der Waals surface area contributed by atoms with Gasteiger partial charge in [0, 0.05) is 25.1 Å². The SMILES string of the molecule is O=C(CCc1ccccc1)N1CCC(c2ccccc2F)S(=O)(=O)CC1. The Bertz CT molecular complexity index is 868. The van der Waals surface area contributed by atoms with Crippen molar-refractivity contribution in [3.8, 4) is 0 Å². The summed E-state index contributed by atoms with van der Waals surface area (Å²) in [6.07, 6.45) is 1.19. The Balaban J connectivity index is 1.68. The quantitative estimate of drug-likeness (QED) is 0.825. The summed E-state index contributed by atoms with van der Waals surface area (Å²) in [7, 11) is -3.50. The summed E-state index contributed by atoms with van der Waals surface area (Å²) < 4.78 is 39.3. The standard InChI is InChI=1S/C20H22FNO3S/c21-18-9-5-4-8-17(18)19-12-13-22(14-15-26(19,24)25)20(23)11-10-16-6-2-1-3-7-16/h1-9,19H,10-15H2. The normalized spacial score (nSPS) is 19.7. The molecule has 1 amide bonds. The van der Waals surface area contributed by atoms with Gasteiger partial charge < -0.3 is 4.90 Å². The zero-order valence-corrected chi connectivity index (χ0v) is 15.3. The molecule has 26 heavy (non-hydrogen) atoms. The third-order valence-electron chi connectivity index (χ3n) is 4.82. The first-order valence-electron chi connectivity index (χ1n) is 8.75. The molecule has 1 aliphatic heterocycles. The fourth-order valence-corrected chi connectivity index (χ4v) is 5.13. The largest absolute Gasteiger partial charge is 0.342 e. The van der Waals surface area contributed by atoms with Crippen LogP contribution in [0.3, 0.4) is 0 Å². The first-order chi connectivity index (χ1) is 12.5. The van der Waals surface area contributed by atoms with Crippen molar-refractivity contribution in [3.63, 3.8) is 0 Å². The van der Waals surface area contributed by atoms with Crippen LogP contribution in [0.1, 0.15) is 29.2 Å². The molecule has 1 unspecified atom stereocenters. The zero-order chi connectivity index (χ0) is 18.6. The van der Waals surface area contributed by atoms with Gasteiger partial charge in [-0.3, -0.25) is 4.79 Å². The molecule has 1 aliphatic rings. The second kappa shape index (κ2) is 7.99. The van der Waals surface area contributed by atoms with Gasteiger partial charge in [0.1, 0.15) is 5.82 Å². The maximum absolute atomic E-state index is 14.1. The van der Waals surface area contributed by atoms with Crippen molar-refractivity contribution in [2.45, 2.75) is 24.5 Å². The third kappa shape index (κ3) is 4.30. The van der Waals surface area contributed by atoms with E-state index in [2.05, 4.69) is 0 Å². The number of nitrogens with zero attached hydrogens (tertiary/aromatic N) is 1. The van der Waals surface area contributed by atoms with Gasteiger partial charge in [-0.05, 0) is 24.5 Å². The van der Waals surface area contributed by atoms with Crippen molar-refractivity contribution < 1.29 is 17.6 Å². The summed E-state index contributed by atoms with van der Waals surface area (Å²) in [5.74, 6) is -0.702. The van der Waals surface area contributed by atoms with Crippen LogP contribution in [0, 0.1) is 5.82 Å². The maximum Gasteiger partial charge on any atom is 0.222 e. The average molecular weight is 375 g/mol. The second-order valence-corrected chi connectivity index (χ2v) is 8.84. The minimum atomic E-state index is -3.50. The van der Waals surface area contributed by atoms with Crippen molar-refractivity contribution in [1.82, 2.24) is 4.90 Å². The summed E-state index contributed by atoms with van der Waals surface area (Å²) in [6, 6.07) is 15.7. The Morgan fingerprint density at radius 3 is 2.46 bits per heavy atom. The summed E-state index contributed by atoms with van der Waals surface area (Å²) in [6.45, 7) is 0.493. The highest BCUT2D eigenvalue weighted by Crippen LogP contribution is 2.31. The smallest absolute Gasteiger partial charge is 0.222 e. The minimum Gasteiger partial charge on any atom is -0.342 e. The molecule has 1 heterocycles. The van der Waals surface area contributed by atoms with E-state index in [1.165, 1.54) is 12.1 Å². The minimum absolute atomic E-state index is 0.0572. The number of aryl methyl sites for hydroxylation is 1. The molecule has 0 radical (unpaired) electrons. The molecule has 4 nitrogen and oxygen atoms in total. The van der Waals surface area contributed by atoms with Crippen molar-refractivity contribution in [1.29, 1.82) is 0 Å². The molecule has 0 aromatic heterocycles. The van der Waals surface area contributed by atoms with Crippen LogP contribution in [0.5, 0.6) is 0 Å². The highest BCUT2D eigenvalue weighted by atomic mass is 32.2. The van der Waals surface area contributed by atoms with Crippen molar-refractivity contribution in [2.24, 2.45) is 0 Å². The summed E-state index contributed by atoms with van der Waals surface area (Å²) in [4.78, 5) is 14.1. The predicted molar refractivity (Wildman–Crippen MR) is 98.9 cm³/mol. The average Bonchev–Trinajstić information content (AvgIpc) is 2.79. The Morgan fingerprint density at radius 2 is 1.73 bits per heavy atom. The first kappa shape index (κ1) is 18.6. The van der Waals surface area contributed by atoms with E-state index in [1.54, 1.807) is 17.0 Å². The molecule has 6 heteroatoms. The molecule has 0 aliphatic carbocycles. The first-order valence-corrected chi connectivity index (χ1v) is 10.5. The zero-order valence-electron chi connectivity index (χ0n) is 14.5. The van der Waals surface area contributed by atoms with E-state index in [1.807, 2.05) is 30.3 Å². The Kier molecular flexibility index (Phi) is 5.71. The summed E-state index contributed by atoms with van der Waals surface area (Å²) >= 11 is 0. The van der Waals surface area contributed by atoms with E-state index in [0.29, 0.717) is 19.4 Å². The van der Waals surface area contributed by atoms with E-state index in [-0.39, 0.29) is 30.2 Å². The predicted octanol–water partition coefficient (Wildman–Crippen LogP) is 3.15. The molecule has 1 saturated heterocycles. The van der Waals surface area contributed by atoms with Crippen LogP contribution < -0.4 is 0 Å². The lowest BCUT2D eigenvalue weighted by Gasteiger charge is -2.20. The third-order valence-corrected chi connectivity index (χ3v) is 6.92. The van der Waals surface area contributed by atoms with E-state index < -0.39 is 20.9 Å². The van der Waals surface area contributed by atoms with Crippen molar-refractivity contribution in [3.05, 3.63) is 71.5 Å². The molecule has 0 N–H and O–H groups in total. The molecular formula is C20H22FNO3S. The Hall–Kier alpha value is -2.21. The number of halogens is 1. The number of amides is 1. The van der Waals surface area contributed by atoms with Crippen LogP contribution in [0.2, 0.25) is 0 Å². The number of carbonyl (C=O) groups excluding carboxylic acids is 1. The fourth-order valence-electron chi connectivity index (χ4n) is 3.33. The number of benzene rings is 2. The number of carbonyl (C=O) groups is 1. The van der Waals surface area contributed by atoms with Gasteiger partial charge in [0.2, 0.25) is 5.91 Å². The van der Waals surface area contributed by atoms with E-state index in [4.69, 9.17) is 0 Å². The fraction of sp³-hybridized carbons (Fsp3) is 0.350. The molecule has 0 bridgehead atoms. The van der Waals surface area contributed by atoms with Crippen LogP contribution >= 0.6 is 0 Å². The van der Waals surface area contributed by atoms with Crippen molar-refractivity contribution >= 4 is 15.7 Å². The van der Waals surface area contributed by atoms with Crippen LogP contribution in [-0.4, -0.2) is 38.1 Å². The van der Waals surface area contributed by atoms with Gasteiger partial charge in [-0.15, -0.1) is 0 Å². The number of sulfone groups is 1. The Labute approximate surface area is 153 Å². The Morgan fingerprint density at radius 1 is 1.04 bits per heavy atom. The topological polar surface area (TPSA) is 54.5 Å². The maximum atomic E-state index is 14.1. The molecular weight excluding hydrogens is 353 g/mol.